The van der Waals surface area contributed by atoms with Gasteiger partial charge in [0.25, 0.3) is 0 Å². The largest absolute Gasteiger partial charge is 0.497 e. The number of anilines is 1. The van der Waals surface area contributed by atoms with Gasteiger partial charge < -0.3 is 19.8 Å². The van der Waals surface area contributed by atoms with Crippen LogP contribution in [0.15, 0.2) is 36.2 Å². The van der Waals surface area contributed by atoms with E-state index < -0.39 is 0 Å². The van der Waals surface area contributed by atoms with Gasteiger partial charge in [-0.3, -0.25) is 0 Å². The van der Waals surface area contributed by atoms with Gasteiger partial charge >= 0.3 is 0 Å². The van der Waals surface area contributed by atoms with Crippen molar-refractivity contribution in [2.24, 2.45) is 0 Å². The van der Waals surface area contributed by atoms with Crippen molar-refractivity contribution in [1.82, 2.24) is 19.5 Å². The summed E-state index contributed by atoms with van der Waals surface area (Å²) in [6.07, 6.45) is 5.14. The number of aryl methyl sites for hydroxylation is 1. The highest BCUT2D eigenvalue weighted by molar-refractivity contribution is 5.81. The molecule has 3 rings (SSSR count). The van der Waals surface area contributed by atoms with Crippen molar-refractivity contribution in [3.8, 4) is 11.5 Å². The molecular formula is C20H25N5O2. The number of nitrogen functional groups attached to an aromatic ring is 1. The van der Waals surface area contributed by atoms with Crippen molar-refractivity contribution < 1.29 is 9.47 Å². The highest BCUT2D eigenvalue weighted by Gasteiger charge is 2.16. The summed E-state index contributed by atoms with van der Waals surface area (Å²) in [5, 5.41) is 0. The predicted octanol–water partition coefficient (Wildman–Crippen LogP) is 3.37. The van der Waals surface area contributed by atoms with Crippen LogP contribution in [0.25, 0.3) is 11.2 Å². The Bertz CT molecular complexity index is 974. The SMILES string of the molecule is COc1ccc(OC)c(Cc2nc3c(N)ncnc3n2CCC=C(C)C)c1. The predicted molar refractivity (Wildman–Crippen MR) is 106 cm³/mol. The fraction of sp³-hybridized carbons (Fsp3) is 0.350. The standard InChI is InChI=1S/C20H25N5O2/c1-13(2)6-5-9-25-17(24-18-19(21)22-12-23-20(18)25)11-14-10-15(26-3)7-8-16(14)27-4/h6-8,10,12H,5,9,11H2,1-4H3,(H2,21,22,23). The van der Waals surface area contributed by atoms with E-state index in [0.29, 0.717) is 17.8 Å². The van der Waals surface area contributed by atoms with Crippen molar-refractivity contribution in [3.63, 3.8) is 0 Å². The van der Waals surface area contributed by atoms with Gasteiger partial charge in [0.15, 0.2) is 17.0 Å². The molecule has 0 aliphatic carbocycles. The summed E-state index contributed by atoms with van der Waals surface area (Å²) in [6.45, 7) is 4.95. The number of benzene rings is 1. The first-order chi connectivity index (χ1) is 13.0. The van der Waals surface area contributed by atoms with E-state index in [-0.39, 0.29) is 0 Å². The zero-order chi connectivity index (χ0) is 19.4. The smallest absolute Gasteiger partial charge is 0.165 e. The van der Waals surface area contributed by atoms with Crippen LogP contribution in [0.4, 0.5) is 5.82 Å². The molecular weight excluding hydrogens is 342 g/mol. The summed E-state index contributed by atoms with van der Waals surface area (Å²) in [5.74, 6) is 2.82. The average molecular weight is 367 g/mol. The molecule has 0 radical (unpaired) electrons. The molecule has 1 aromatic carbocycles. The lowest BCUT2D eigenvalue weighted by molar-refractivity contribution is 0.399. The molecule has 0 saturated heterocycles. The molecule has 0 aliphatic heterocycles. The molecule has 27 heavy (non-hydrogen) atoms. The number of aromatic nitrogens is 4. The molecule has 0 amide bonds. The van der Waals surface area contributed by atoms with Gasteiger partial charge in [-0.2, -0.15) is 0 Å². The van der Waals surface area contributed by atoms with Crippen LogP contribution in [-0.4, -0.2) is 33.7 Å². The highest BCUT2D eigenvalue weighted by Crippen LogP contribution is 2.28. The molecule has 0 saturated carbocycles. The van der Waals surface area contributed by atoms with Gasteiger partial charge in [-0.1, -0.05) is 11.6 Å². The topological polar surface area (TPSA) is 88.1 Å². The van der Waals surface area contributed by atoms with Crippen LogP contribution in [0, 0.1) is 0 Å². The van der Waals surface area contributed by atoms with Crippen LogP contribution in [0.5, 0.6) is 11.5 Å². The summed E-state index contributed by atoms with van der Waals surface area (Å²) in [4.78, 5) is 13.2. The molecule has 2 heterocycles. The summed E-state index contributed by atoms with van der Waals surface area (Å²) < 4.78 is 13.0. The molecule has 0 spiro atoms. The summed E-state index contributed by atoms with van der Waals surface area (Å²) in [5.41, 5.74) is 9.68. The van der Waals surface area contributed by atoms with Crippen molar-refractivity contribution in [3.05, 3.63) is 47.6 Å². The van der Waals surface area contributed by atoms with Gasteiger partial charge in [0, 0.05) is 18.5 Å². The van der Waals surface area contributed by atoms with Crippen molar-refractivity contribution in [2.75, 3.05) is 20.0 Å². The molecule has 0 aliphatic rings. The third kappa shape index (κ3) is 4.02. The highest BCUT2D eigenvalue weighted by atomic mass is 16.5. The minimum atomic E-state index is 0.389. The Morgan fingerprint density at radius 1 is 1.19 bits per heavy atom. The Morgan fingerprint density at radius 3 is 2.70 bits per heavy atom. The number of allylic oxidation sites excluding steroid dienone is 2. The third-order valence-corrected chi connectivity index (χ3v) is 4.38. The van der Waals surface area contributed by atoms with Crippen molar-refractivity contribution in [1.29, 1.82) is 0 Å². The molecule has 3 aromatic rings. The summed E-state index contributed by atoms with van der Waals surface area (Å²) >= 11 is 0. The van der Waals surface area contributed by atoms with Gasteiger partial charge in [-0.25, -0.2) is 15.0 Å². The van der Waals surface area contributed by atoms with Crippen LogP contribution >= 0.6 is 0 Å². The maximum atomic E-state index is 6.03. The van der Waals surface area contributed by atoms with Gasteiger partial charge in [0.05, 0.1) is 14.2 Å². The minimum absolute atomic E-state index is 0.389. The fourth-order valence-electron chi connectivity index (χ4n) is 3.04. The van der Waals surface area contributed by atoms with E-state index in [2.05, 4.69) is 34.5 Å². The van der Waals surface area contributed by atoms with E-state index in [4.69, 9.17) is 20.2 Å². The maximum absolute atomic E-state index is 6.03. The molecule has 2 N–H and O–H groups in total. The second-order valence-electron chi connectivity index (χ2n) is 6.54. The normalized spacial score (nSPS) is 10.8. The Morgan fingerprint density at radius 2 is 2.00 bits per heavy atom. The average Bonchev–Trinajstić information content (AvgIpc) is 3.00. The van der Waals surface area contributed by atoms with Crippen LogP contribution in [-0.2, 0) is 13.0 Å². The van der Waals surface area contributed by atoms with Crippen LogP contribution in [0.3, 0.4) is 0 Å². The van der Waals surface area contributed by atoms with E-state index >= 15 is 0 Å². The zero-order valence-corrected chi connectivity index (χ0v) is 16.2. The van der Waals surface area contributed by atoms with Crippen molar-refractivity contribution >= 4 is 17.0 Å². The van der Waals surface area contributed by atoms with E-state index in [1.807, 2.05) is 18.2 Å². The first kappa shape index (κ1) is 18.7. The van der Waals surface area contributed by atoms with Crippen LogP contribution in [0.1, 0.15) is 31.7 Å². The molecule has 0 unspecified atom stereocenters. The van der Waals surface area contributed by atoms with Crippen LogP contribution < -0.4 is 15.2 Å². The van der Waals surface area contributed by atoms with Crippen molar-refractivity contribution in [2.45, 2.75) is 33.2 Å². The number of hydrogen-bond donors (Lipinski definition) is 1. The van der Waals surface area contributed by atoms with Gasteiger partial charge in [-0.15, -0.1) is 0 Å². The second-order valence-corrected chi connectivity index (χ2v) is 6.54. The number of imidazole rings is 1. The molecule has 0 bridgehead atoms. The quantitative estimate of drug-likeness (QED) is 0.644. The third-order valence-electron chi connectivity index (χ3n) is 4.38. The Hall–Kier alpha value is -3.09. The Balaban J connectivity index is 2.05. The number of hydrogen-bond acceptors (Lipinski definition) is 6. The van der Waals surface area contributed by atoms with E-state index in [1.54, 1.807) is 14.2 Å². The molecule has 7 heteroatoms. The van der Waals surface area contributed by atoms with E-state index in [9.17, 15) is 0 Å². The lowest BCUT2D eigenvalue weighted by Crippen LogP contribution is -2.06. The lowest BCUT2D eigenvalue weighted by Gasteiger charge is -2.12. The Kier molecular flexibility index (Phi) is 5.59. The molecule has 142 valence electrons. The summed E-state index contributed by atoms with van der Waals surface area (Å²) in [6, 6.07) is 5.75. The number of methoxy groups -OCH3 is 2. The number of nitrogens with two attached hydrogens (primary N) is 1. The number of ether oxygens (including phenoxy) is 2. The first-order valence-electron chi connectivity index (χ1n) is 8.83. The minimum Gasteiger partial charge on any atom is -0.497 e. The maximum Gasteiger partial charge on any atom is 0.165 e. The van der Waals surface area contributed by atoms with Gasteiger partial charge in [0.2, 0.25) is 0 Å². The van der Waals surface area contributed by atoms with E-state index in [1.165, 1.54) is 11.9 Å². The van der Waals surface area contributed by atoms with Gasteiger partial charge in [-0.05, 0) is 38.5 Å². The summed E-state index contributed by atoms with van der Waals surface area (Å²) in [7, 11) is 3.31. The number of rotatable bonds is 7. The molecule has 7 nitrogen and oxygen atoms in total. The molecule has 2 aromatic heterocycles. The Labute approximate surface area is 158 Å². The number of nitrogens with zero attached hydrogens (tertiary/aromatic N) is 4. The van der Waals surface area contributed by atoms with Gasteiger partial charge in [0.1, 0.15) is 23.7 Å². The molecule has 0 fully saturated rings. The zero-order valence-electron chi connectivity index (χ0n) is 16.2. The monoisotopic (exact) mass is 367 g/mol. The molecule has 0 atom stereocenters. The van der Waals surface area contributed by atoms with Crippen LogP contribution in [0.2, 0.25) is 0 Å². The first-order valence-corrected chi connectivity index (χ1v) is 8.83. The number of fused-ring (bicyclic) bond motifs is 1. The lowest BCUT2D eigenvalue weighted by atomic mass is 10.1. The fourth-order valence-corrected chi connectivity index (χ4v) is 3.04. The second kappa shape index (κ2) is 8.07. The van der Waals surface area contributed by atoms with E-state index in [0.717, 1.165) is 41.5 Å².